The zero-order valence-electron chi connectivity index (χ0n) is 17.1. The Bertz CT molecular complexity index is 1140. The third-order valence-electron chi connectivity index (χ3n) is 6.54. The van der Waals surface area contributed by atoms with Crippen LogP contribution in [0, 0.1) is 0 Å². The van der Waals surface area contributed by atoms with Crippen molar-refractivity contribution < 1.29 is 0 Å². The molecule has 0 saturated heterocycles. The zero-order chi connectivity index (χ0) is 20.6. The molecule has 0 aliphatic heterocycles. The van der Waals surface area contributed by atoms with Gasteiger partial charge in [-0.15, -0.1) is 6.58 Å². The summed E-state index contributed by atoms with van der Waals surface area (Å²) in [6, 6.07) is 18.5. The highest BCUT2D eigenvalue weighted by Crippen LogP contribution is 2.48. The molecule has 2 aromatic carbocycles. The van der Waals surface area contributed by atoms with Gasteiger partial charge in [0, 0.05) is 16.7 Å². The highest BCUT2D eigenvalue weighted by Gasteiger charge is 2.43. The topological polar surface area (TPSA) is 34.9 Å². The van der Waals surface area contributed by atoms with Gasteiger partial charge in [-0.1, -0.05) is 79.6 Å². The Morgan fingerprint density at radius 1 is 1.03 bits per heavy atom. The maximum absolute atomic E-state index is 14.2. The van der Waals surface area contributed by atoms with Gasteiger partial charge in [0.2, 0.25) is 0 Å². The van der Waals surface area contributed by atoms with E-state index in [0.717, 1.165) is 46.9 Å². The van der Waals surface area contributed by atoms with Crippen molar-refractivity contribution in [3.05, 3.63) is 88.7 Å². The second-order valence-corrected chi connectivity index (χ2v) is 9.36. The van der Waals surface area contributed by atoms with Crippen LogP contribution in [0.25, 0.3) is 16.9 Å². The summed E-state index contributed by atoms with van der Waals surface area (Å²) in [6.07, 6.45) is 8.56. The van der Waals surface area contributed by atoms with E-state index in [1.165, 1.54) is 24.8 Å². The molecule has 3 nitrogen and oxygen atoms in total. The first-order valence-electron chi connectivity index (χ1n) is 10.8. The molecule has 5 rings (SSSR count). The Morgan fingerprint density at radius 2 is 1.77 bits per heavy atom. The van der Waals surface area contributed by atoms with Crippen LogP contribution in [0.3, 0.4) is 0 Å². The molecule has 0 bridgehead atoms. The molecule has 1 fully saturated rings. The van der Waals surface area contributed by atoms with Gasteiger partial charge in [-0.25, -0.2) is 4.98 Å². The van der Waals surface area contributed by atoms with Crippen LogP contribution < -0.4 is 5.56 Å². The lowest BCUT2D eigenvalue weighted by atomic mass is 9.62. The molecule has 152 valence electrons. The number of thioether (sulfide) groups is 1. The van der Waals surface area contributed by atoms with Crippen molar-refractivity contribution in [2.45, 2.75) is 49.1 Å². The van der Waals surface area contributed by atoms with Crippen LogP contribution in [-0.4, -0.2) is 15.3 Å². The van der Waals surface area contributed by atoms with Crippen molar-refractivity contribution in [2.75, 3.05) is 5.75 Å². The molecule has 2 aliphatic rings. The van der Waals surface area contributed by atoms with Crippen molar-refractivity contribution in [2.24, 2.45) is 0 Å². The van der Waals surface area contributed by atoms with Crippen LogP contribution >= 0.6 is 11.8 Å². The zero-order valence-corrected chi connectivity index (χ0v) is 18.0. The molecule has 1 aromatic heterocycles. The summed E-state index contributed by atoms with van der Waals surface area (Å²) >= 11 is 1.57. The second kappa shape index (κ2) is 7.92. The molecular formula is C26H26N2OS. The van der Waals surface area contributed by atoms with Gasteiger partial charge >= 0.3 is 0 Å². The third kappa shape index (κ3) is 3.14. The molecule has 1 saturated carbocycles. The second-order valence-electron chi connectivity index (χ2n) is 8.37. The number of nitrogens with zero attached hydrogens (tertiary/aromatic N) is 2. The summed E-state index contributed by atoms with van der Waals surface area (Å²) in [5.41, 5.74) is 5.19. The van der Waals surface area contributed by atoms with Crippen LogP contribution in [0.2, 0.25) is 0 Å². The Balaban J connectivity index is 1.83. The fourth-order valence-electron chi connectivity index (χ4n) is 5.22. The molecule has 1 spiro atoms. The number of rotatable bonds is 4. The van der Waals surface area contributed by atoms with E-state index >= 15 is 0 Å². The van der Waals surface area contributed by atoms with Crippen LogP contribution in [-0.2, 0) is 11.8 Å². The van der Waals surface area contributed by atoms with Crippen molar-refractivity contribution in [1.82, 2.24) is 9.55 Å². The Labute approximate surface area is 181 Å². The van der Waals surface area contributed by atoms with Crippen molar-refractivity contribution in [1.29, 1.82) is 0 Å². The molecule has 0 amide bonds. The van der Waals surface area contributed by atoms with Crippen molar-refractivity contribution >= 4 is 11.8 Å². The quantitative estimate of drug-likeness (QED) is 0.301. The van der Waals surface area contributed by atoms with Gasteiger partial charge in [-0.2, -0.15) is 0 Å². The van der Waals surface area contributed by atoms with Gasteiger partial charge < -0.3 is 0 Å². The molecule has 3 aromatic rings. The standard InChI is InChI=1S/C26H26N2OS/c1-2-17-30-25-27-23-21-14-8-7-11-19(21)18-26(15-9-4-10-16-26)22(23)24(29)28(25)20-12-5-3-6-13-20/h2-3,5-8,11-14H,1,4,9-10,15-18H2. The minimum Gasteiger partial charge on any atom is -0.268 e. The van der Waals surface area contributed by atoms with Crippen LogP contribution in [0.1, 0.15) is 43.2 Å². The smallest absolute Gasteiger partial charge is 0.263 e. The van der Waals surface area contributed by atoms with Gasteiger partial charge in [0.15, 0.2) is 5.16 Å². The lowest BCUT2D eigenvalue weighted by molar-refractivity contribution is 0.283. The normalized spacial score (nSPS) is 16.7. The molecule has 0 N–H and O–H groups in total. The first-order chi connectivity index (χ1) is 14.7. The Kier molecular flexibility index (Phi) is 5.11. The fraction of sp³-hybridized carbons (Fsp3) is 0.308. The average molecular weight is 415 g/mol. The van der Waals surface area contributed by atoms with Gasteiger partial charge in [0.1, 0.15) is 0 Å². The number of hydrogen-bond acceptors (Lipinski definition) is 3. The summed E-state index contributed by atoms with van der Waals surface area (Å²) in [5.74, 6) is 0.713. The van der Waals surface area contributed by atoms with Crippen molar-refractivity contribution in [3.8, 4) is 16.9 Å². The minimum atomic E-state index is -0.0931. The third-order valence-corrected chi connectivity index (χ3v) is 7.47. The van der Waals surface area contributed by atoms with Gasteiger partial charge in [-0.05, 0) is 37.0 Å². The monoisotopic (exact) mass is 414 g/mol. The fourth-order valence-corrected chi connectivity index (χ4v) is 5.96. The summed E-state index contributed by atoms with van der Waals surface area (Å²) < 4.78 is 1.83. The van der Waals surface area contributed by atoms with Crippen molar-refractivity contribution in [3.63, 3.8) is 0 Å². The number of fused-ring (bicyclic) bond motifs is 4. The largest absolute Gasteiger partial charge is 0.268 e. The first-order valence-corrected chi connectivity index (χ1v) is 11.8. The maximum atomic E-state index is 14.2. The van der Waals surface area contributed by atoms with E-state index in [1.807, 2.05) is 41.0 Å². The van der Waals surface area contributed by atoms with Crippen LogP contribution in [0.15, 0.2) is 77.2 Å². The first kappa shape index (κ1) is 19.4. The molecular weight excluding hydrogens is 388 g/mol. The Morgan fingerprint density at radius 3 is 2.53 bits per heavy atom. The minimum absolute atomic E-state index is 0.0931. The van der Waals surface area contributed by atoms with Crippen LogP contribution in [0.4, 0.5) is 0 Å². The van der Waals surface area contributed by atoms with E-state index < -0.39 is 0 Å². The van der Waals surface area contributed by atoms with E-state index in [4.69, 9.17) is 4.98 Å². The maximum Gasteiger partial charge on any atom is 0.263 e. The molecule has 0 radical (unpaired) electrons. The van der Waals surface area contributed by atoms with E-state index in [2.05, 4.69) is 30.8 Å². The highest BCUT2D eigenvalue weighted by atomic mass is 32.2. The SMILES string of the molecule is C=CCSc1nc2c(c(=O)n1-c1ccccc1)C1(CCCCC1)Cc1ccccc1-2. The molecule has 0 unspecified atom stereocenters. The molecule has 4 heteroatoms. The van der Waals surface area contributed by atoms with Gasteiger partial charge in [0.25, 0.3) is 5.56 Å². The summed E-state index contributed by atoms with van der Waals surface area (Å²) in [4.78, 5) is 19.3. The number of aromatic nitrogens is 2. The highest BCUT2D eigenvalue weighted by molar-refractivity contribution is 7.99. The van der Waals surface area contributed by atoms with E-state index in [1.54, 1.807) is 11.8 Å². The van der Waals surface area contributed by atoms with Crippen LogP contribution in [0.5, 0.6) is 0 Å². The Hall–Kier alpha value is -2.59. The predicted octanol–water partition coefficient (Wildman–Crippen LogP) is 5.94. The lowest BCUT2D eigenvalue weighted by Crippen LogP contribution is -2.42. The predicted molar refractivity (Wildman–Crippen MR) is 125 cm³/mol. The average Bonchev–Trinajstić information content (AvgIpc) is 2.78. The van der Waals surface area contributed by atoms with Gasteiger partial charge in [0.05, 0.1) is 16.9 Å². The molecule has 0 atom stereocenters. The molecule has 30 heavy (non-hydrogen) atoms. The summed E-state index contributed by atoms with van der Waals surface area (Å²) in [7, 11) is 0. The lowest BCUT2D eigenvalue weighted by Gasteiger charge is -2.42. The number of hydrogen-bond donors (Lipinski definition) is 0. The summed E-state index contributed by atoms with van der Waals surface area (Å²) in [5, 5.41) is 0.743. The molecule has 1 heterocycles. The number of benzene rings is 2. The van der Waals surface area contributed by atoms with E-state index in [9.17, 15) is 4.79 Å². The van der Waals surface area contributed by atoms with E-state index in [0.29, 0.717) is 5.75 Å². The summed E-state index contributed by atoms with van der Waals surface area (Å²) in [6.45, 7) is 3.86. The van der Waals surface area contributed by atoms with Gasteiger partial charge in [-0.3, -0.25) is 9.36 Å². The number of para-hydroxylation sites is 1. The molecule has 2 aliphatic carbocycles. The van der Waals surface area contributed by atoms with E-state index in [-0.39, 0.29) is 11.0 Å².